The fourth-order valence-corrected chi connectivity index (χ4v) is 3.02. The molecule has 0 radical (unpaired) electrons. The lowest BCUT2D eigenvalue weighted by molar-refractivity contribution is -0.123. The minimum absolute atomic E-state index is 0.0514. The van der Waals surface area contributed by atoms with Crippen LogP contribution in [0.2, 0.25) is 0 Å². The Kier molecular flexibility index (Phi) is 7.31. The highest BCUT2D eigenvalue weighted by Crippen LogP contribution is 2.19. The predicted molar refractivity (Wildman–Crippen MR) is 109 cm³/mol. The van der Waals surface area contributed by atoms with Crippen LogP contribution in [0.3, 0.4) is 0 Å². The molecule has 2 amide bonds. The quantitative estimate of drug-likeness (QED) is 0.683. The molecule has 2 N–H and O–H groups in total. The Balaban J connectivity index is 1.39. The number of amides is 2. The number of carbonyl (C=O) groups excluding carboxylic acids is 2. The number of hydrogen-bond donors (Lipinski definition) is 2. The molecule has 0 atom stereocenters. The molecule has 1 aliphatic rings. The number of aromatic nitrogens is 2. The molecule has 0 spiro atoms. The standard InChI is InChI=1S/C20H28N6O3/c1-15(2)12-21-17(27)13-25-8-10-26(11-9-25)14-18(28)22-20-24-23-19(29-20)16-6-4-3-5-7-16/h3-7,15H,8-14H2,1-2H3,(H,21,27)(H,22,24,28). The monoisotopic (exact) mass is 400 g/mol. The maximum absolute atomic E-state index is 12.3. The van der Waals surface area contributed by atoms with E-state index in [9.17, 15) is 9.59 Å². The molecule has 0 unspecified atom stereocenters. The third kappa shape index (κ3) is 6.65. The number of nitrogens with zero attached hydrogens (tertiary/aromatic N) is 4. The van der Waals surface area contributed by atoms with Crippen molar-refractivity contribution in [1.29, 1.82) is 0 Å². The first-order valence-corrected chi connectivity index (χ1v) is 9.90. The van der Waals surface area contributed by atoms with E-state index in [1.807, 2.05) is 35.2 Å². The molecule has 1 aliphatic heterocycles. The van der Waals surface area contributed by atoms with Crippen molar-refractivity contribution in [3.63, 3.8) is 0 Å². The summed E-state index contributed by atoms with van der Waals surface area (Å²) in [6.45, 7) is 8.44. The summed E-state index contributed by atoms with van der Waals surface area (Å²) in [5.74, 6) is 0.661. The van der Waals surface area contributed by atoms with Gasteiger partial charge in [0.05, 0.1) is 13.1 Å². The lowest BCUT2D eigenvalue weighted by Gasteiger charge is -2.33. The van der Waals surface area contributed by atoms with E-state index in [1.165, 1.54) is 0 Å². The fourth-order valence-electron chi connectivity index (χ4n) is 3.02. The van der Waals surface area contributed by atoms with Crippen LogP contribution in [0, 0.1) is 5.92 Å². The zero-order chi connectivity index (χ0) is 20.6. The summed E-state index contributed by atoms with van der Waals surface area (Å²) >= 11 is 0. The Labute approximate surface area is 170 Å². The number of hydrogen-bond acceptors (Lipinski definition) is 7. The van der Waals surface area contributed by atoms with Gasteiger partial charge in [-0.3, -0.25) is 24.7 Å². The number of anilines is 1. The molecule has 156 valence electrons. The van der Waals surface area contributed by atoms with Gasteiger partial charge in [-0.2, -0.15) is 0 Å². The van der Waals surface area contributed by atoms with Crippen LogP contribution in [-0.4, -0.2) is 77.6 Å². The molecule has 0 aliphatic carbocycles. The van der Waals surface area contributed by atoms with Crippen molar-refractivity contribution in [3.05, 3.63) is 30.3 Å². The third-order valence-corrected chi connectivity index (χ3v) is 4.60. The van der Waals surface area contributed by atoms with E-state index in [1.54, 1.807) is 0 Å². The smallest absolute Gasteiger partial charge is 0.322 e. The highest BCUT2D eigenvalue weighted by atomic mass is 16.4. The first-order valence-electron chi connectivity index (χ1n) is 9.90. The van der Waals surface area contributed by atoms with Crippen LogP contribution in [-0.2, 0) is 9.59 Å². The molecule has 1 aromatic carbocycles. The van der Waals surface area contributed by atoms with Crippen molar-refractivity contribution >= 4 is 17.8 Å². The van der Waals surface area contributed by atoms with Gasteiger partial charge in [-0.05, 0) is 18.1 Å². The molecule has 0 saturated carbocycles. The predicted octanol–water partition coefficient (Wildman–Crippen LogP) is 1.06. The zero-order valence-electron chi connectivity index (χ0n) is 16.9. The fraction of sp³-hybridized carbons (Fsp3) is 0.500. The summed E-state index contributed by atoms with van der Waals surface area (Å²) in [5, 5.41) is 13.4. The van der Waals surface area contributed by atoms with Crippen molar-refractivity contribution in [2.45, 2.75) is 13.8 Å². The minimum Gasteiger partial charge on any atom is -0.403 e. The van der Waals surface area contributed by atoms with Gasteiger partial charge in [-0.15, -0.1) is 5.10 Å². The van der Waals surface area contributed by atoms with Gasteiger partial charge >= 0.3 is 6.01 Å². The van der Waals surface area contributed by atoms with Gasteiger partial charge in [0, 0.05) is 38.3 Å². The van der Waals surface area contributed by atoms with Crippen LogP contribution in [0.5, 0.6) is 0 Å². The van der Waals surface area contributed by atoms with Crippen LogP contribution >= 0.6 is 0 Å². The van der Waals surface area contributed by atoms with Gasteiger partial charge in [0.2, 0.25) is 17.7 Å². The van der Waals surface area contributed by atoms with E-state index in [-0.39, 0.29) is 24.4 Å². The van der Waals surface area contributed by atoms with E-state index in [2.05, 4.69) is 39.6 Å². The van der Waals surface area contributed by atoms with E-state index >= 15 is 0 Å². The second-order valence-electron chi connectivity index (χ2n) is 7.58. The van der Waals surface area contributed by atoms with Crippen molar-refractivity contribution in [1.82, 2.24) is 25.3 Å². The Bertz CT molecular complexity index is 800. The minimum atomic E-state index is -0.198. The van der Waals surface area contributed by atoms with Crippen LogP contribution in [0.1, 0.15) is 13.8 Å². The van der Waals surface area contributed by atoms with Crippen LogP contribution < -0.4 is 10.6 Å². The Hall–Kier alpha value is -2.78. The second-order valence-corrected chi connectivity index (χ2v) is 7.58. The largest absolute Gasteiger partial charge is 0.403 e. The third-order valence-electron chi connectivity index (χ3n) is 4.60. The summed E-state index contributed by atoms with van der Waals surface area (Å²) in [5.41, 5.74) is 0.800. The summed E-state index contributed by atoms with van der Waals surface area (Å²) in [4.78, 5) is 28.4. The Morgan fingerprint density at radius 3 is 2.24 bits per heavy atom. The Morgan fingerprint density at radius 1 is 1.00 bits per heavy atom. The average Bonchev–Trinajstić information content (AvgIpc) is 3.17. The van der Waals surface area contributed by atoms with Gasteiger partial charge in [-0.25, -0.2) is 0 Å². The molecule has 0 bridgehead atoms. The van der Waals surface area contributed by atoms with Gasteiger partial charge in [0.25, 0.3) is 0 Å². The maximum atomic E-state index is 12.3. The van der Waals surface area contributed by atoms with Crippen LogP contribution in [0.25, 0.3) is 11.5 Å². The SMILES string of the molecule is CC(C)CNC(=O)CN1CCN(CC(=O)Nc2nnc(-c3ccccc3)o2)CC1. The molecule has 3 rings (SSSR count). The molecule has 2 aromatic rings. The summed E-state index contributed by atoms with van der Waals surface area (Å²) in [7, 11) is 0. The van der Waals surface area contributed by atoms with Gasteiger partial charge in [0.15, 0.2) is 0 Å². The maximum Gasteiger partial charge on any atom is 0.322 e. The lowest BCUT2D eigenvalue weighted by atomic mass is 10.2. The number of nitrogens with one attached hydrogen (secondary N) is 2. The van der Waals surface area contributed by atoms with Crippen molar-refractivity contribution in [3.8, 4) is 11.5 Å². The van der Waals surface area contributed by atoms with Crippen LogP contribution in [0.4, 0.5) is 6.01 Å². The molecule has 9 heteroatoms. The molecule has 1 aromatic heterocycles. The van der Waals surface area contributed by atoms with Crippen LogP contribution in [0.15, 0.2) is 34.7 Å². The summed E-state index contributed by atoms with van der Waals surface area (Å²) in [6, 6.07) is 9.48. The van der Waals surface area contributed by atoms with Gasteiger partial charge < -0.3 is 9.73 Å². The second kappa shape index (κ2) is 10.1. The normalized spacial score (nSPS) is 15.4. The molecular weight excluding hydrogens is 372 g/mol. The van der Waals surface area contributed by atoms with Crippen molar-refractivity contribution < 1.29 is 14.0 Å². The van der Waals surface area contributed by atoms with Gasteiger partial charge in [-0.1, -0.05) is 37.1 Å². The topological polar surface area (TPSA) is 104 Å². The lowest BCUT2D eigenvalue weighted by Crippen LogP contribution is -2.51. The number of rotatable bonds is 8. The summed E-state index contributed by atoms with van der Waals surface area (Å²) < 4.78 is 5.50. The van der Waals surface area contributed by atoms with E-state index < -0.39 is 0 Å². The summed E-state index contributed by atoms with van der Waals surface area (Å²) in [6.07, 6.45) is 0. The number of benzene rings is 1. The molecule has 2 heterocycles. The van der Waals surface area contributed by atoms with Gasteiger partial charge in [0.1, 0.15) is 0 Å². The molecule has 1 saturated heterocycles. The van der Waals surface area contributed by atoms with E-state index in [0.29, 0.717) is 24.9 Å². The molecule has 29 heavy (non-hydrogen) atoms. The highest BCUT2D eigenvalue weighted by molar-refractivity contribution is 5.90. The van der Waals surface area contributed by atoms with Crippen molar-refractivity contribution in [2.75, 3.05) is 51.1 Å². The zero-order valence-corrected chi connectivity index (χ0v) is 16.9. The molecule has 9 nitrogen and oxygen atoms in total. The van der Waals surface area contributed by atoms with Crippen molar-refractivity contribution in [2.24, 2.45) is 5.92 Å². The first-order chi connectivity index (χ1) is 14.0. The average molecular weight is 400 g/mol. The van der Waals surface area contributed by atoms with E-state index in [0.717, 1.165) is 31.7 Å². The molecule has 1 fully saturated rings. The highest BCUT2D eigenvalue weighted by Gasteiger charge is 2.21. The number of piperazine rings is 1. The molecular formula is C20H28N6O3. The number of carbonyl (C=O) groups is 2. The first kappa shape index (κ1) is 20.9. The van der Waals surface area contributed by atoms with E-state index in [4.69, 9.17) is 4.42 Å². The Morgan fingerprint density at radius 2 is 1.62 bits per heavy atom.